The molecular formula is C19H29N2O2+. The van der Waals surface area contributed by atoms with Crippen LogP contribution < -0.4 is 9.64 Å². The largest absolute Gasteiger partial charge is 0.496 e. The molecule has 1 saturated carbocycles. The van der Waals surface area contributed by atoms with E-state index in [2.05, 4.69) is 6.92 Å². The maximum absolute atomic E-state index is 12.8. The predicted octanol–water partition coefficient (Wildman–Crippen LogP) is 1.61. The maximum Gasteiger partial charge on any atom is 0.258 e. The molecule has 1 N–H and O–H groups in total. The van der Waals surface area contributed by atoms with Gasteiger partial charge in [0.25, 0.3) is 5.91 Å². The summed E-state index contributed by atoms with van der Waals surface area (Å²) in [6, 6.07) is 8.34. The summed E-state index contributed by atoms with van der Waals surface area (Å²) in [4.78, 5) is 16.5. The van der Waals surface area contributed by atoms with Crippen LogP contribution in [0.5, 0.6) is 5.75 Å². The van der Waals surface area contributed by atoms with Gasteiger partial charge >= 0.3 is 0 Å². The first kappa shape index (κ1) is 16.3. The van der Waals surface area contributed by atoms with E-state index in [9.17, 15) is 4.79 Å². The Morgan fingerprint density at radius 2 is 1.96 bits per heavy atom. The van der Waals surface area contributed by atoms with E-state index in [0.717, 1.165) is 38.1 Å². The molecule has 1 saturated heterocycles. The molecule has 0 bridgehead atoms. The summed E-state index contributed by atoms with van der Waals surface area (Å²) in [5, 5.41) is 0. The molecule has 2 aliphatic rings. The molecule has 3 rings (SSSR count). The van der Waals surface area contributed by atoms with Crippen LogP contribution in [-0.2, 0) is 0 Å². The zero-order valence-corrected chi connectivity index (χ0v) is 14.4. The van der Waals surface area contributed by atoms with Crippen molar-refractivity contribution in [1.82, 2.24) is 4.90 Å². The fourth-order valence-corrected chi connectivity index (χ4v) is 4.20. The van der Waals surface area contributed by atoms with Crippen LogP contribution in [0.2, 0.25) is 0 Å². The molecule has 1 aliphatic carbocycles. The van der Waals surface area contributed by atoms with Crippen LogP contribution in [0, 0.1) is 5.92 Å². The van der Waals surface area contributed by atoms with Gasteiger partial charge in [-0.15, -0.1) is 0 Å². The molecule has 1 heterocycles. The Kier molecular flexibility index (Phi) is 5.21. The average molecular weight is 317 g/mol. The quantitative estimate of drug-likeness (QED) is 0.919. The van der Waals surface area contributed by atoms with Gasteiger partial charge in [0.1, 0.15) is 5.75 Å². The number of carbonyl (C=O) groups is 1. The zero-order valence-electron chi connectivity index (χ0n) is 14.4. The first-order chi connectivity index (χ1) is 11.2. The molecule has 126 valence electrons. The number of nitrogens with one attached hydrogen (secondary N) is 1. The van der Waals surface area contributed by atoms with Crippen molar-refractivity contribution in [2.24, 2.45) is 5.92 Å². The van der Waals surface area contributed by atoms with Gasteiger partial charge in [-0.3, -0.25) is 4.79 Å². The Bertz CT molecular complexity index is 538. The van der Waals surface area contributed by atoms with Crippen molar-refractivity contribution < 1.29 is 14.4 Å². The monoisotopic (exact) mass is 317 g/mol. The summed E-state index contributed by atoms with van der Waals surface area (Å²) in [5.41, 5.74) is 0.685. The number of quaternary nitrogens is 1. The average Bonchev–Trinajstić information content (AvgIpc) is 2.61. The summed E-state index contributed by atoms with van der Waals surface area (Å²) >= 11 is 0. The Labute approximate surface area is 139 Å². The number of rotatable bonds is 3. The fraction of sp³-hybridized carbons (Fsp3) is 0.632. The molecule has 0 radical (unpaired) electrons. The molecular weight excluding hydrogens is 288 g/mol. The van der Waals surface area contributed by atoms with Crippen LogP contribution in [0.15, 0.2) is 24.3 Å². The highest BCUT2D eigenvalue weighted by Crippen LogP contribution is 2.22. The highest BCUT2D eigenvalue weighted by molar-refractivity contribution is 5.97. The number of ether oxygens (including phenoxy) is 1. The van der Waals surface area contributed by atoms with Gasteiger partial charge in [-0.25, -0.2) is 0 Å². The molecule has 0 unspecified atom stereocenters. The lowest BCUT2D eigenvalue weighted by Crippen LogP contribution is -3.18. The van der Waals surface area contributed by atoms with Gasteiger partial charge in [-0.1, -0.05) is 25.5 Å². The lowest BCUT2D eigenvalue weighted by Gasteiger charge is -2.39. The molecule has 1 aliphatic heterocycles. The first-order valence-electron chi connectivity index (χ1n) is 8.96. The predicted molar refractivity (Wildman–Crippen MR) is 91.0 cm³/mol. The fourth-order valence-electron chi connectivity index (χ4n) is 4.20. The summed E-state index contributed by atoms with van der Waals surface area (Å²) < 4.78 is 5.33. The van der Waals surface area contributed by atoms with Crippen molar-refractivity contribution in [3.8, 4) is 5.75 Å². The maximum atomic E-state index is 12.8. The lowest BCUT2D eigenvalue weighted by atomic mass is 9.86. The number of amides is 1. The van der Waals surface area contributed by atoms with Gasteiger partial charge < -0.3 is 14.5 Å². The van der Waals surface area contributed by atoms with Crippen molar-refractivity contribution in [2.45, 2.75) is 38.6 Å². The number of nitrogens with zero attached hydrogens (tertiary/aromatic N) is 1. The molecule has 23 heavy (non-hydrogen) atoms. The zero-order chi connectivity index (χ0) is 16.2. The third-order valence-electron chi connectivity index (χ3n) is 5.54. The number of carbonyl (C=O) groups excluding carboxylic acids is 1. The molecule has 0 aromatic heterocycles. The van der Waals surface area contributed by atoms with Crippen LogP contribution in [0.4, 0.5) is 0 Å². The van der Waals surface area contributed by atoms with Crippen LogP contribution >= 0.6 is 0 Å². The van der Waals surface area contributed by atoms with E-state index in [4.69, 9.17) is 4.74 Å². The number of benzene rings is 1. The summed E-state index contributed by atoms with van der Waals surface area (Å²) in [6.45, 7) is 6.26. The molecule has 0 spiro atoms. The van der Waals surface area contributed by atoms with Crippen LogP contribution in [0.3, 0.4) is 0 Å². The van der Waals surface area contributed by atoms with Gasteiger partial charge in [0.15, 0.2) is 0 Å². The molecule has 1 amide bonds. The van der Waals surface area contributed by atoms with E-state index < -0.39 is 0 Å². The van der Waals surface area contributed by atoms with Crippen molar-refractivity contribution in [2.75, 3.05) is 33.3 Å². The van der Waals surface area contributed by atoms with Crippen molar-refractivity contribution in [3.63, 3.8) is 0 Å². The third kappa shape index (κ3) is 3.69. The van der Waals surface area contributed by atoms with Crippen LogP contribution in [0.1, 0.15) is 43.0 Å². The van der Waals surface area contributed by atoms with E-state index in [1.807, 2.05) is 29.2 Å². The van der Waals surface area contributed by atoms with Gasteiger partial charge in [0, 0.05) is 6.42 Å². The molecule has 1 aromatic rings. The van der Waals surface area contributed by atoms with E-state index >= 15 is 0 Å². The van der Waals surface area contributed by atoms with Gasteiger partial charge in [-0.2, -0.15) is 0 Å². The van der Waals surface area contributed by atoms with Gasteiger partial charge in [0.2, 0.25) is 0 Å². The number of hydrogen-bond donors (Lipinski definition) is 1. The van der Waals surface area contributed by atoms with Crippen molar-refractivity contribution >= 4 is 5.91 Å². The van der Waals surface area contributed by atoms with E-state index in [0.29, 0.717) is 11.3 Å². The third-order valence-corrected chi connectivity index (χ3v) is 5.54. The Hall–Kier alpha value is -1.55. The van der Waals surface area contributed by atoms with Crippen molar-refractivity contribution in [1.29, 1.82) is 0 Å². The smallest absolute Gasteiger partial charge is 0.258 e. The van der Waals surface area contributed by atoms with E-state index in [1.165, 1.54) is 25.7 Å². The van der Waals surface area contributed by atoms with E-state index in [1.54, 1.807) is 12.0 Å². The summed E-state index contributed by atoms with van der Waals surface area (Å²) in [5.74, 6) is 1.65. The molecule has 4 nitrogen and oxygen atoms in total. The van der Waals surface area contributed by atoms with Gasteiger partial charge in [-0.05, 0) is 30.9 Å². The number of para-hydroxylation sites is 1. The first-order valence-corrected chi connectivity index (χ1v) is 8.96. The Balaban J connectivity index is 1.59. The minimum absolute atomic E-state index is 0.110. The van der Waals surface area contributed by atoms with E-state index in [-0.39, 0.29) is 5.91 Å². The molecule has 2 atom stereocenters. The normalized spacial score (nSPS) is 26.1. The topological polar surface area (TPSA) is 34.0 Å². The minimum Gasteiger partial charge on any atom is -0.496 e. The molecule has 2 fully saturated rings. The Morgan fingerprint density at radius 3 is 2.65 bits per heavy atom. The summed E-state index contributed by atoms with van der Waals surface area (Å²) in [7, 11) is 1.62. The standard InChI is InChI=1S/C19H28N2O2/c1-15-6-5-7-16(14-15)20-10-12-21(13-11-20)19(22)17-8-3-4-9-18(17)23-2/h3-4,8-9,15-16H,5-7,10-14H2,1-2H3/p+1/t15-,16-/m0/s1. The van der Waals surface area contributed by atoms with Crippen LogP contribution in [0.25, 0.3) is 0 Å². The van der Waals surface area contributed by atoms with Gasteiger partial charge in [0.05, 0.1) is 44.9 Å². The molecule has 4 heteroatoms. The molecule has 1 aromatic carbocycles. The number of methoxy groups -OCH3 is 1. The second-order valence-electron chi connectivity index (χ2n) is 7.12. The van der Waals surface area contributed by atoms with Crippen molar-refractivity contribution in [3.05, 3.63) is 29.8 Å². The SMILES string of the molecule is COc1ccccc1C(=O)N1CC[NH+]([C@H]2CCC[C@H](C)C2)CC1. The number of hydrogen-bond acceptors (Lipinski definition) is 2. The Morgan fingerprint density at radius 1 is 1.22 bits per heavy atom. The lowest BCUT2D eigenvalue weighted by molar-refractivity contribution is -0.930. The van der Waals surface area contributed by atoms with Crippen LogP contribution in [-0.4, -0.2) is 50.1 Å². The second-order valence-corrected chi connectivity index (χ2v) is 7.12. The highest BCUT2D eigenvalue weighted by atomic mass is 16.5. The minimum atomic E-state index is 0.110. The highest BCUT2D eigenvalue weighted by Gasteiger charge is 2.32. The second kappa shape index (κ2) is 7.35. The number of piperazine rings is 1. The summed E-state index contributed by atoms with van der Waals surface area (Å²) in [6.07, 6.45) is 5.48.